The molecule has 0 aromatic carbocycles. The van der Waals surface area contributed by atoms with Gasteiger partial charge in [-0.15, -0.1) is 0 Å². The van der Waals surface area contributed by atoms with Crippen LogP contribution in [0.4, 0.5) is 11.9 Å². The lowest BCUT2D eigenvalue weighted by molar-refractivity contribution is 0.170. The smallest absolute Gasteiger partial charge is 0.257 e. The Bertz CT molecular complexity index is 553. The first kappa shape index (κ1) is 14.2. The van der Waals surface area contributed by atoms with Gasteiger partial charge in [0.1, 0.15) is 0 Å². The highest BCUT2D eigenvalue weighted by Crippen LogP contribution is 2.15. The summed E-state index contributed by atoms with van der Waals surface area (Å²) in [5, 5.41) is 19.4. The number of nitrogens with zero attached hydrogens (tertiary/aromatic N) is 5. The molecule has 0 radical (unpaired) electrons. The fraction of sp³-hybridized carbons (Fsp3) is 0.500. The predicted molar refractivity (Wildman–Crippen MR) is 75.9 cm³/mol. The topological polar surface area (TPSA) is 101 Å². The zero-order valence-corrected chi connectivity index (χ0v) is 11.8. The molecule has 0 fully saturated rings. The lowest BCUT2D eigenvalue weighted by Gasteiger charge is -2.21. The Balaban J connectivity index is 2.23. The molecular weight excluding hydrogens is 258 g/mol. The number of aromatic nitrogens is 5. The van der Waals surface area contributed by atoms with Crippen molar-refractivity contribution in [1.82, 2.24) is 24.7 Å². The van der Waals surface area contributed by atoms with Gasteiger partial charge in [0, 0.05) is 38.0 Å². The van der Waals surface area contributed by atoms with E-state index >= 15 is 0 Å². The lowest BCUT2D eigenvalue weighted by Crippen LogP contribution is -2.27. The van der Waals surface area contributed by atoms with Crippen LogP contribution in [0.2, 0.25) is 0 Å². The molecule has 0 saturated carbocycles. The molecule has 2 aromatic rings. The van der Waals surface area contributed by atoms with Crippen molar-refractivity contribution < 1.29 is 5.11 Å². The Morgan fingerprint density at radius 3 is 2.60 bits per heavy atom. The molecule has 2 aromatic heterocycles. The summed E-state index contributed by atoms with van der Waals surface area (Å²) in [5.41, 5.74) is -0.252. The highest BCUT2D eigenvalue weighted by atomic mass is 16.3. The standard InChI is InChI=1S/C12H19N7O/c1-12(2,8-20)7-14-10-16-9(13-3)17-11(18-10)19-6-4-5-15-19/h4-6,20H,7-8H2,1-3H3,(H2,13,14,16,17,18). The number of aliphatic hydroxyl groups excluding tert-OH is 1. The molecule has 20 heavy (non-hydrogen) atoms. The van der Waals surface area contributed by atoms with E-state index < -0.39 is 0 Å². The first-order chi connectivity index (χ1) is 9.54. The van der Waals surface area contributed by atoms with E-state index in [1.54, 1.807) is 30.2 Å². The van der Waals surface area contributed by atoms with Crippen LogP contribution in [-0.2, 0) is 0 Å². The summed E-state index contributed by atoms with van der Waals surface area (Å²) in [6.07, 6.45) is 3.42. The van der Waals surface area contributed by atoms with E-state index in [0.29, 0.717) is 24.4 Å². The van der Waals surface area contributed by atoms with Gasteiger partial charge < -0.3 is 15.7 Å². The van der Waals surface area contributed by atoms with Crippen LogP contribution in [0.1, 0.15) is 13.8 Å². The minimum Gasteiger partial charge on any atom is -0.396 e. The molecule has 8 heteroatoms. The van der Waals surface area contributed by atoms with E-state index in [-0.39, 0.29) is 12.0 Å². The normalized spacial score (nSPS) is 11.4. The largest absolute Gasteiger partial charge is 0.396 e. The van der Waals surface area contributed by atoms with Crippen LogP contribution in [0, 0.1) is 5.41 Å². The second kappa shape index (κ2) is 5.83. The zero-order valence-electron chi connectivity index (χ0n) is 11.8. The molecule has 108 valence electrons. The third-order valence-electron chi connectivity index (χ3n) is 2.71. The summed E-state index contributed by atoms with van der Waals surface area (Å²) in [6, 6.07) is 1.80. The van der Waals surface area contributed by atoms with E-state index in [0.717, 1.165) is 0 Å². The van der Waals surface area contributed by atoms with Crippen LogP contribution in [0.25, 0.3) is 5.95 Å². The third kappa shape index (κ3) is 3.41. The average molecular weight is 277 g/mol. The van der Waals surface area contributed by atoms with E-state index in [2.05, 4.69) is 30.7 Å². The molecule has 0 aliphatic rings. The fourth-order valence-corrected chi connectivity index (χ4v) is 1.42. The Kier molecular flexibility index (Phi) is 4.14. The molecular formula is C12H19N7O. The molecule has 0 spiro atoms. The van der Waals surface area contributed by atoms with Crippen LogP contribution >= 0.6 is 0 Å². The molecule has 2 heterocycles. The van der Waals surface area contributed by atoms with E-state index in [1.807, 2.05) is 13.8 Å². The lowest BCUT2D eigenvalue weighted by atomic mass is 9.95. The minimum atomic E-state index is -0.252. The van der Waals surface area contributed by atoms with Crippen molar-refractivity contribution >= 4 is 11.9 Å². The van der Waals surface area contributed by atoms with Crippen LogP contribution in [0.15, 0.2) is 18.5 Å². The Labute approximate surface area is 117 Å². The van der Waals surface area contributed by atoms with Gasteiger partial charge in [-0.25, -0.2) is 4.68 Å². The maximum absolute atomic E-state index is 9.26. The zero-order chi connectivity index (χ0) is 14.6. The summed E-state index contributed by atoms with van der Waals surface area (Å²) in [5.74, 6) is 1.32. The van der Waals surface area contributed by atoms with Gasteiger partial charge in [-0.2, -0.15) is 20.1 Å². The average Bonchev–Trinajstić information content (AvgIpc) is 2.99. The van der Waals surface area contributed by atoms with Gasteiger partial charge in [0.25, 0.3) is 5.95 Å². The summed E-state index contributed by atoms with van der Waals surface area (Å²) in [4.78, 5) is 12.8. The molecule has 0 atom stereocenters. The summed E-state index contributed by atoms with van der Waals surface area (Å²) >= 11 is 0. The number of rotatable bonds is 6. The van der Waals surface area contributed by atoms with Crippen molar-refractivity contribution in [1.29, 1.82) is 0 Å². The van der Waals surface area contributed by atoms with Crippen molar-refractivity contribution in [2.75, 3.05) is 30.8 Å². The quantitative estimate of drug-likeness (QED) is 0.708. The first-order valence-corrected chi connectivity index (χ1v) is 6.33. The van der Waals surface area contributed by atoms with Crippen LogP contribution in [-0.4, -0.2) is 50.0 Å². The Morgan fingerprint density at radius 1 is 1.25 bits per heavy atom. The highest BCUT2D eigenvalue weighted by Gasteiger charge is 2.17. The Morgan fingerprint density at radius 2 is 2.00 bits per heavy atom. The van der Waals surface area contributed by atoms with Gasteiger partial charge in [0.15, 0.2) is 0 Å². The van der Waals surface area contributed by atoms with Crippen molar-refractivity contribution in [3.8, 4) is 5.95 Å². The van der Waals surface area contributed by atoms with Gasteiger partial charge >= 0.3 is 0 Å². The molecule has 8 nitrogen and oxygen atoms in total. The molecule has 3 N–H and O–H groups in total. The number of aliphatic hydroxyl groups is 1. The molecule has 0 aliphatic heterocycles. The van der Waals surface area contributed by atoms with Gasteiger partial charge in [-0.05, 0) is 6.07 Å². The second-order valence-electron chi connectivity index (χ2n) is 5.16. The first-order valence-electron chi connectivity index (χ1n) is 6.33. The monoisotopic (exact) mass is 277 g/mol. The van der Waals surface area contributed by atoms with Crippen molar-refractivity contribution in [2.45, 2.75) is 13.8 Å². The number of hydrogen-bond acceptors (Lipinski definition) is 7. The molecule has 0 unspecified atom stereocenters. The van der Waals surface area contributed by atoms with Crippen molar-refractivity contribution in [3.63, 3.8) is 0 Å². The van der Waals surface area contributed by atoms with Gasteiger partial charge in [0.2, 0.25) is 11.9 Å². The van der Waals surface area contributed by atoms with Crippen LogP contribution < -0.4 is 10.6 Å². The molecule has 0 saturated heterocycles. The SMILES string of the molecule is CNc1nc(NCC(C)(C)CO)nc(-n2cccn2)n1. The number of hydrogen-bond donors (Lipinski definition) is 3. The molecule has 0 bridgehead atoms. The predicted octanol–water partition coefficient (Wildman–Crippen LogP) is 0.529. The third-order valence-corrected chi connectivity index (χ3v) is 2.71. The van der Waals surface area contributed by atoms with E-state index in [9.17, 15) is 5.11 Å². The summed E-state index contributed by atoms with van der Waals surface area (Å²) < 4.78 is 1.56. The maximum atomic E-state index is 9.26. The van der Waals surface area contributed by atoms with Crippen LogP contribution in [0.3, 0.4) is 0 Å². The number of anilines is 2. The maximum Gasteiger partial charge on any atom is 0.257 e. The molecule has 0 amide bonds. The molecule has 0 aliphatic carbocycles. The van der Waals surface area contributed by atoms with Crippen molar-refractivity contribution in [2.24, 2.45) is 5.41 Å². The Hall–Kier alpha value is -2.22. The molecule has 2 rings (SSSR count). The summed E-state index contributed by atoms with van der Waals surface area (Å²) in [6.45, 7) is 4.54. The fourth-order valence-electron chi connectivity index (χ4n) is 1.42. The van der Waals surface area contributed by atoms with E-state index in [4.69, 9.17) is 0 Å². The second-order valence-corrected chi connectivity index (χ2v) is 5.16. The summed E-state index contributed by atoms with van der Waals surface area (Å²) in [7, 11) is 1.74. The van der Waals surface area contributed by atoms with Gasteiger partial charge in [-0.3, -0.25) is 0 Å². The number of nitrogens with one attached hydrogen (secondary N) is 2. The highest BCUT2D eigenvalue weighted by molar-refractivity contribution is 5.37. The van der Waals surface area contributed by atoms with Gasteiger partial charge in [-0.1, -0.05) is 13.8 Å². The van der Waals surface area contributed by atoms with Crippen molar-refractivity contribution in [3.05, 3.63) is 18.5 Å². The van der Waals surface area contributed by atoms with Gasteiger partial charge in [0.05, 0.1) is 0 Å². The van der Waals surface area contributed by atoms with E-state index in [1.165, 1.54) is 0 Å². The minimum absolute atomic E-state index is 0.0793. The van der Waals surface area contributed by atoms with Crippen LogP contribution in [0.5, 0.6) is 0 Å².